The fourth-order valence-corrected chi connectivity index (χ4v) is 6.99. The molecular formula is C23H26Cl2N4. The molecule has 2 aromatic rings. The molecular weight excluding hydrogens is 403 g/mol. The largest absolute Gasteiger partial charge is 0.284 e. The Bertz CT molecular complexity index is 813. The third kappa shape index (κ3) is 3.11. The van der Waals surface area contributed by atoms with Crippen molar-refractivity contribution in [3.05, 3.63) is 58.1 Å². The number of aromatic nitrogens is 2. The molecule has 6 heteroatoms. The Morgan fingerprint density at radius 1 is 0.724 bits per heavy atom. The first-order valence-corrected chi connectivity index (χ1v) is 11.7. The van der Waals surface area contributed by atoms with Crippen molar-refractivity contribution in [2.24, 2.45) is 0 Å². The Hall–Kier alpha value is -1.20. The molecule has 152 valence electrons. The van der Waals surface area contributed by atoms with Gasteiger partial charge in [0, 0.05) is 48.4 Å². The second-order valence-electron chi connectivity index (χ2n) is 9.28. The summed E-state index contributed by atoms with van der Waals surface area (Å²) in [5.41, 5.74) is 2.72. The van der Waals surface area contributed by atoms with E-state index in [0.29, 0.717) is 34.2 Å². The highest BCUT2D eigenvalue weighted by Crippen LogP contribution is 2.50. The third-order valence-electron chi connectivity index (χ3n) is 8.05. The maximum Gasteiger partial charge on any atom is 0.129 e. The number of hydrogen-bond donors (Lipinski definition) is 0. The van der Waals surface area contributed by atoms with Gasteiger partial charge < -0.3 is 0 Å². The van der Waals surface area contributed by atoms with Gasteiger partial charge in [0.2, 0.25) is 0 Å². The molecule has 4 nitrogen and oxygen atoms in total. The van der Waals surface area contributed by atoms with Gasteiger partial charge in [-0.25, -0.2) is 9.97 Å². The topological polar surface area (TPSA) is 32.3 Å². The highest BCUT2D eigenvalue weighted by Gasteiger charge is 2.52. The van der Waals surface area contributed by atoms with Crippen molar-refractivity contribution in [2.75, 3.05) is 6.67 Å². The van der Waals surface area contributed by atoms with Crippen LogP contribution in [-0.4, -0.2) is 50.6 Å². The predicted molar refractivity (Wildman–Crippen MR) is 115 cm³/mol. The van der Waals surface area contributed by atoms with E-state index in [1.54, 1.807) is 0 Å². The zero-order valence-corrected chi connectivity index (χ0v) is 17.9. The highest BCUT2D eigenvalue weighted by atomic mass is 35.5. The van der Waals surface area contributed by atoms with Crippen molar-refractivity contribution in [1.29, 1.82) is 0 Å². The molecule has 4 aliphatic heterocycles. The van der Waals surface area contributed by atoms with Gasteiger partial charge in [0.25, 0.3) is 0 Å². The van der Waals surface area contributed by atoms with E-state index < -0.39 is 0 Å². The molecule has 4 aliphatic rings. The number of fused-ring (bicyclic) bond motifs is 4. The van der Waals surface area contributed by atoms with Crippen LogP contribution in [0.5, 0.6) is 0 Å². The smallest absolute Gasteiger partial charge is 0.129 e. The Morgan fingerprint density at radius 3 is 1.62 bits per heavy atom. The third-order valence-corrected chi connectivity index (χ3v) is 8.49. The van der Waals surface area contributed by atoms with E-state index in [-0.39, 0.29) is 0 Å². The van der Waals surface area contributed by atoms with Gasteiger partial charge in [-0.3, -0.25) is 9.80 Å². The van der Waals surface area contributed by atoms with Crippen LogP contribution in [0.1, 0.15) is 61.5 Å². The van der Waals surface area contributed by atoms with Crippen molar-refractivity contribution >= 4 is 23.2 Å². The fraction of sp³-hybridized carbons (Fsp3) is 0.565. The molecule has 0 amide bonds. The normalized spacial score (nSPS) is 36.3. The second kappa shape index (κ2) is 7.19. The van der Waals surface area contributed by atoms with Gasteiger partial charge in [-0.15, -0.1) is 0 Å². The summed E-state index contributed by atoms with van der Waals surface area (Å²) in [7, 11) is 0. The first-order chi connectivity index (χ1) is 14.2. The molecule has 4 saturated heterocycles. The molecule has 0 N–H and O–H groups in total. The average molecular weight is 429 g/mol. The zero-order chi connectivity index (χ0) is 19.5. The van der Waals surface area contributed by atoms with Crippen LogP contribution >= 0.6 is 23.2 Å². The summed E-state index contributed by atoms with van der Waals surface area (Å²) >= 11 is 12.0. The first-order valence-electron chi connectivity index (χ1n) is 10.9. The number of halogens is 2. The van der Waals surface area contributed by atoms with E-state index in [9.17, 15) is 0 Å². The standard InChI is InChI=1S/C23H26Cl2N4/c24-22-7-1-14(11-26-22)18-9-16-3-5-20(18)28(16)13-29-17-4-6-21(29)19(10-17)15-2-8-23(25)27-12-15/h1-2,7-8,11-12,16-21H,3-6,9-10,13H2. The van der Waals surface area contributed by atoms with Crippen molar-refractivity contribution in [1.82, 2.24) is 19.8 Å². The molecule has 6 unspecified atom stereocenters. The van der Waals surface area contributed by atoms with Crippen LogP contribution in [0.3, 0.4) is 0 Å². The van der Waals surface area contributed by atoms with Gasteiger partial charge in [-0.1, -0.05) is 35.3 Å². The molecule has 4 bridgehead atoms. The SMILES string of the molecule is Clc1ccc(C2CC3CCC2N3CN2C3CCC2C(c2ccc(Cl)nc2)C3)cn1. The second-order valence-corrected chi connectivity index (χ2v) is 10.1. The Kier molecular flexibility index (Phi) is 4.60. The quantitative estimate of drug-likeness (QED) is 0.635. The van der Waals surface area contributed by atoms with Gasteiger partial charge in [0.05, 0.1) is 6.67 Å². The summed E-state index contributed by atoms with van der Waals surface area (Å²) in [6, 6.07) is 11.0. The van der Waals surface area contributed by atoms with Gasteiger partial charge >= 0.3 is 0 Å². The molecule has 2 aromatic heterocycles. The number of nitrogens with zero attached hydrogens (tertiary/aromatic N) is 4. The summed E-state index contributed by atoms with van der Waals surface area (Å²) in [4.78, 5) is 14.3. The lowest BCUT2D eigenvalue weighted by Gasteiger charge is -2.32. The van der Waals surface area contributed by atoms with Crippen LogP contribution in [-0.2, 0) is 0 Å². The van der Waals surface area contributed by atoms with E-state index in [4.69, 9.17) is 23.2 Å². The van der Waals surface area contributed by atoms with Crippen LogP contribution in [0.25, 0.3) is 0 Å². The minimum Gasteiger partial charge on any atom is -0.284 e. The highest BCUT2D eigenvalue weighted by molar-refractivity contribution is 6.29. The molecule has 0 saturated carbocycles. The van der Waals surface area contributed by atoms with Gasteiger partial charge in [-0.2, -0.15) is 0 Å². The molecule has 6 rings (SSSR count). The van der Waals surface area contributed by atoms with Gasteiger partial charge in [0.1, 0.15) is 10.3 Å². The molecule has 0 aromatic carbocycles. The summed E-state index contributed by atoms with van der Waals surface area (Å²) in [6.07, 6.45) is 11.8. The maximum atomic E-state index is 6.01. The van der Waals surface area contributed by atoms with E-state index >= 15 is 0 Å². The number of pyridine rings is 2. The summed E-state index contributed by atoms with van der Waals surface area (Å²) in [5, 5.41) is 1.18. The van der Waals surface area contributed by atoms with Crippen LogP contribution in [0.2, 0.25) is 10.3 Å². The average Bonchev–Trinajstić information content (AvgIpc) is 3.50. The van der Waals surface area contributed by atoms with Crippen LogP contribution in [0.4, 0.5) is 0 Å². The molecule has 0 radical (unpaired) electrons. The molecule has 0 spiro atoms. The van der Waals surface area contributed by atoms with Crippen molar-refractivity contribution in [3.8, 4) is 0 Å². The van der Waals surface area contributed by atoms with Crippen molar-refractivity contribution in [3.63, 3.8) is 0 Å². The van der Waals surface area contributed by atoms with Crippen LogP contribution in [0.15, 0.2) is 36.7 Å². The maximum absolute atomic E-state index is 6.01. The minimum atomic E-state index is 0.588. The lowest BCUT2D eigenvalue weighted by Crippen LogP contribution is -2.43. The predicted octanol–water partition coefficient (Wildman–Crippen LogP) is 5.08. The van der Waals surface area contributed by atoms with E-state index in [0.717, 1.165) is 18.8 Å². The van der Waals surface area contributed by atoms with Crippen LogP contribution < -0.4 is 0 Å². The number of hydrogen-bond acceptors (Lipinski definition) is 4. The summed E-state index contributed by atoms with van der Waals surface area (Å²) < 4.78 is 0. The molecule has 6 heterocycles. The Morgan fingerprint density at radius 2 is 1.21 bits per heavy atom. The lowest BCUT2D eigenvalue weighted by molar-refractivity contribution is 0.101. The summed E-state index contributed by atoms with van der Waals surface area (Å²) in [5.74, 6) is 1.21. The molecule has 6 atom stereocenters. The first kappa shape index (κ1) is 18.6. The fourth-order valence-electron chi connectivity index (χ4n) is 6.76. The van der Waals surface area contributed by atoms with Gasteiger partial charge in [0.15, 0.2) is 0 Å². The van der Waals surface area contributed by atoms with E-state index in [1.165, 1.54) is 49.7 Å². The monoisotopic (exact) mass is 428 g/mol. The zero-order valence-electron chi connectivity index (χ0n) is 16.4. The number of rotatable bonds is 4. The van der Waals surface area contributed by atoms with Crippen LogP contribution in [0, 0.1) is 0 Å². The van der Waals surface area contributed by atoms with Crippen molar-refractivity contribution in [2.45, 2.75) is 74.5 Å². The Balaban J connectivity index is 1.19. The Labute approximate surface area is 182 Å². The van der Waals surface area contributed by atoms with Crippen molar-refractivity contribution < 1.29 is 0 Å². The molecule has 4 fully saturated rings. The van der Waals surface area contributed by atoms with E-state index in [1.807, 2.05) is 24.5 Å². The molecule has 0 aliphatic carbocycles. The molecule has 29 heavy (non-hydrogen) atoms. The lowest BCUT2D eigenvalue weighted by atomic mass is 9.85. The minimum absolute atomic E-state index is 0.588. The van der Waals surface area contributed by atoms with E-state index in [2.05, 4.69) is 31.9 Å². The summed E-state index contributed by atoms with van der Waals surface area (Å²) in [6.45, 7) is 1.12. The van der Waals surface area contributed by atoms with Gasteiger partial charge in [-0.05, 0) is 61.8 Å².